The monoisotopic (exact) mass is 139 g/mol. The second kappa shape index (κ2) is 1050. The number of hydrogen-bond acceptors (Lipinski definition) is 0. The van der Waals surface area contributed by atoms with Crippen LogP contribution in [0.1, 0.15) is 0 Å². The van der Waals surface area contributed by atoms with Gasteiger partial charge in [-0.3, -0.25) is 0 Å². The van der Waals surface area contributed by atoms with Crippen molar-refractivity contribution in [2.75, 3.05) is 0 Å². The molecule has 0 unspecified atom stereocenters. The Kier molecular flexibility index (Phi) is 330000. The van der Waals surface area contributed by atoms with E-state index in [2.05, 4.69) is 0 Å². The van der Waals surface area contributed by atoms with Crippen LogP contribution in [0.25, 0.3) is 30.8 Å². The molecule has 5 nitrogen and oxygen atoms in total. The summed E-state index contributed by atoms with van der Waals surface area (Å²) in [4.78, 5) is 0. The number of rotatable bonds is 0. The van der Waals surface area contributed by atoms with E-state index in [4.69, 9.17) is 0 Å². The average molecular weight is 139 g/mol. The zero-order valence-corrected chi connectivity index (χ0v) is 4.26. The minimum Gasteiger partial charge on any atom is -0.693 e. The molecular weight excluding hydrogens is 129 g/mol. The Labute approximate surface area is 48.4 Å². The van der Waals surface area contributed by atoms with Crippen LogP contribution in [-0.2, 0) is 16.8 Å². The summed E-state index contributed by atoms with van der Waals surface area (Å²) in [6, 6.07) is 0. The van der Waals surface area contributed by atoms with E-state index >= 15 is 0 Å². The molecule has 10 N–H and O–H groups in total. The predicted octanol–water partition coefficient (Wildman–Crippen LogP) is 3.58. The van der Waals surface area contributed by atoms with Gasteiger partial charge in [0.1, 0.15) is 0 Å². The molecule has 0 amide bonds. The summed E-state index contributed by atoms with van der Waals surface area (Å²) < 4.78 is 0. The summed E-state index contributed by atoms with van der Waals surface area (Å²) in [5.41, 5.74) is 0. The molecule has 0 aromatic rings. The summed E-state index contributed by atoms with van der Waals surface area (Å²) in [6.07, 6.45) is 0. The molecule has 6 heteroatoms. The summed E-state index contributed by atoms with van der Waals surface area (Å²) in [6.45, 7) is 0. The van der Waals surface area contributed by atoms with Crippen LogP contribution >= 0.6 is 0 Å². The maximum Gasteiger partial charge on any atom is 3.00 e. The molecule has 0 aliphatic heterocycles. The number of hydrogen-bond donors (Lipinski definition) is 0. The Hall–Kier alpha value is 0.306. The minimum absolute atomic E-state index is 0. The Morgan fingerprint density at radius 1 is 0.333 bits per heavy atom. The van der Waals surface area contributed by atoms with Gasteiger partial charge >= 0.3 is 16.8 Å². The Morgan fingerprint density at radius 2 is 0.333 bits per heavy atom. The summed E-state index contributed by atoms with van der Waals surface area (Å²) in [5, 5.41) is 0. The van der Waals surface area contributed by atoms with E-state index in [0.717, 1.165) is 0 Å². The quantitative estimate of drug-likeness (QED) is 0.478. The van der Waals surface area contributed by atoms with E-state index in [-0.39, 0.29) is 47.5 Å². The smallest absolute Gasteiger partial charge is 0.693 e. The van der Waals surface area contributed by atoms with Gasteiger partial charge in [-0.2, -0.15) is 0 Å². The summed E-state index contributed by atoms with van der Waals surface area (Å²) >= 11 is 0. The van der Waals surface area contributed by atoms with E-state index < -0.39 is 0 Å². The molecule has 6 heavy (non-hydrogen) atoms. The molecule has 0 spiro atoms. The van der Waals surface area contributed by atoms with Crippen LogP contribution in [0.5, 0.6) is 0 Å². The van der Waals surface area contributed by atoms with Crippen LogP contribution in [0.15, 0.2) is 0 Å². The van der Waals surface area contributed by atoms with Crippen LogP contribution in [-0.4, -0.2) is 0 Å². The van der Waals surface area contributed by atoms with Crippen LogP contribution in [0.3, 0.4) is 0 Å². The second-order valence-corrected chi connectivity index (χ2v) is 0. The van der Waals surface area contributed by atoms with E-state index in [0.29, 0.717) is 0 Å². The molecule has 0 heterocycles. The molecule has 0 atom stereocenters. The van der Waals surface area contributed by atoms with Gasteiger partial charge in [0.25, 0.3) is 0 Å². The molecule has 0 fully saturated rings. The molecule has 0 radical (unpaired) electrons. The maximum atomic E-state index is 0. The zero-order valence-electron chi connectivity index (χ0n) is 3.22. The molecule has 0 aromatic heterocycles. The van der Waals surface area contributed by atoms with Crippen molar-refractivity contribution in [3.05, 3.63) is 30.8 Å². The third-order valence-electron chi connectivity index (χ3n) is 0. The van der Waals surface area contributed by atoms with Crippen molar-refractivity contribution in [2.45, 2.75) is 0 Å². The first-order valence-corrected chi connectivity index (χ1v) is 0. The van der Waals surface area contributed by atoms with E-state index in [1.165, 1.54) is 0 Å². The topological polar surface area (TPSA) is 168 Å². The van der Waals surface area contributed by atoms with Gasteiger partial charge in [0.2, 0.25) is 0 Å². The average Bonchev–Trinajstić information content (AvgIpc) is 0. The number of nitrogens with two attached hydrogens (primary N) is 5. The third-order valence-corrected chi connectivity index (χ3v) is 0. The van der Waals surface area contributed by atoms with E-state index in [1.54, 1.807) is 0 Å². The van der Waals surface area contributed by atoms with Gasteiger partial charge in [0.15, 0.2) is 0 Å². The Balaban J connectivity index is 0. The second-order valence-electron chi connectivity index (χ2n) is 0. The van der Waals surface area contributed by atoms with Crippen LogP contribution in [0.4, 0.5) is 0 Å². The van der Waals surface area contributed by atoms with Gasteiger partial charge < -0.3 is 30.8 Å². The van der Waals surface area contributed by atoms with Crippen LogP contribution < -0.4 is 0 Å². The fourth-order valence-electron chi connectivity index (χ4n) is 0. The van der Waals surface area contributed by atoms with E-state index in [9.17, 15) is 0 Å². The normalized spacial score (nSPS) is 0. The van der Waals surface area contributed by atoms with E-state index in [1.807, 2.05) is 0 Å². The molecule has 0 bridgehead atoms. The molecule has 46 valence electrons. The third kappa shape index (κ3) is 501. The van der Waals surface area contributed by atoms with Gasteiger partial charge in [-0.25, -0.2) is 0 Å². The molecule has 0 aliphatic rings. The molecule has 0 aromatic carbocycles. The van der Waals surface area contributed by atoms with Gasteiger partial charge in [-0.1, -0.05) is 0 Å². The predicted molar refractivity (Wildman–Crippen MR) is 26.4 cm³/mol. The first-order chi connectivity index (χ1) is 0. The molecular formula is H10CoN5-2. The molecule has 0 saturated carbocycles. The van der Waals surface area contributed by atoms with Crippen molar-refractivity contribution in [3.8, 4) is 0 Å². The fourth-order valence-corrected chi connectivity index (χ4v) is 0. The van der Waals surface area contributed by atoms with Crippen molar-refractivity contribution in [2.24, 2.45) is 0 Å². The fraction of sp³-hybridized carbons (Fsp3) is 0. The van der Waals surface area contributed by atoms with Crippen LogP contribution in [0.2, 0.25) is 0 Å². The molecule has 0 aliphatic carbocycles. The van der Waals surface area contributed by atoms with Gasteiger partial charge in [0, 0.05) is 0 Å². The van der Waals surface area contributed by atoms with Crippen LogP contribution in [0, 0.1) is 0 Å². The molecule has 0 saturated heterocycles. The summed E-state index contributed by atoms with van der Waals surface area (Å²) in [5.74, 6) is 0. The standard InChI is InChI=1S/Co.5H2N/h;5*1H2/q+3;5*-1. The van der Waals surface area contributed by atoms with Gasteiger partial charge in [-0.15, -0.1) is 0 Å². The van der Waals surface area contributed by atoms with Crippen molar-refractivity contribution in [3.63, 3.8) is 0 Å². The SMILES string of the molecule is [Co+3].[NH2-].[NH2-].[NH2-].[NH2-].[NH2-]. The van der Waals surface area contributed by atoms with Gasteiger partial charge in [0.05, 0.1) is 0 Å². The van der Waals surface area contributed by atoms with Crippen molar-refractivity contribution >= 4 is 0 Å². The first kappa shape index (κ1) is 1890. The minimum atomic E-state index is 0. The Morgan fingerprint density at radius 3 is 0.333 bits per heavy atom. The largest absolute Gasteiger partial charge is 3.00 e. The van der Waals surface area contributed by atoms with Crippen molar-refractivity contribution < 1.29 is 16.8 Å². The molecule has 0 rings (SSSR count). The first-order valence-electron chi connectivity index (χ1n) is 0. The van der Waals surface area contributed by atoms with Crippen molar-refractivity contribution in [1.29, 1.82) is 0 Å². The maximum absolute atomic E-state index is 0. The summed E-state index contributed by atoms with van der Waals surface area (Å²) in [7, 11) is 0. The zero-order chi connectivity index (χ0) is 0. The van der Waals surface area contributed by atoms with Gasteiger partial charge in [-0.05, 0) is 0 Å². The van der Waals surface area contributed by atoms with Crippen molar-refractivity contribution in [1.82, 2.24) is 0 Å². The Bertz CT molecular complexity index is 3.90.